The minimum Gasteiger partial charge on any atom is -0.431 e. The fourth-order valence-corrected chi connectivity index (χ4v) is 3.22. The lowest BCUT2D eigenvalue weighted by Crippen LogP contribution is -2.48. The van der Waals surface area contributed by atoms with Gasteiger partial charge in [0.1, 0.15) is 24.4 Å². The number of aliphatic hydroxyl groups is 4. The fourth-order valence-electron chi connectivity index (χ4n) is 3.22. The van der Waals surface area contributed by atoms with Crippen molar-refractivity contribution in [3.8, 4) is 0 Å². The molecule has 25 heavy (non-hydrogen) atoms. The van der Waals surface area contributed by atoms with Gasteiger partial charge in [0.25, 0.3) is 0 Å². The number of aliphatic hydroxyl groups excluding tert-OH is 4. The zero-order valence-corrected chi connectivity index (χ0v) is 14.9. The SMILES string of the molecule is CC1CCC(C(C)C)C(OC(=O)O[C@@H](C=O)[C@@H](O)[C@H](O)[C@H](O)CO)C1. The van der Waals surface area contributed by atoms with E-state index in [1.807, 2.05) is 13.8 Å². The summed E-state index contributed by atoms with van der Waals surface area (Å²) in [5, 5.41) is 37.5. The van der Waals surface area contributed by atoms with Crippen LogP contribution in [0.15, 0.2) is 0 Å². The maximum absolute atomic E-state index is 12.0. The van der Waals surface area contributed by atoms with Crippen LogP contribution in [0.4, 0.5) is 4.79 Å². The van der Waals surface area contributed by atoms with Crippen LogP contribution in [-0.4, -0.2) is 70.0 Å². The smallest absolute Gasteiger partial charge is 0.431 e. The van der Waals surface area contributed by atoms with Crippen molar-refractivity contribution in [2.45, 2.75) is 70.6 Å². The summed E-state index contributed by atoms with van der Waals surface area (Å²) in [5.74, 6) is 0.909. The number of hydrogen-bond acceptors (Lipinski definition) is 8. The summed E-state index contributed by atoms with van der Waals surface area (Å²) in [6.45, 7) is 5.35. The van der Waals surface area contributed by atoms with E-state index in [-0.39, 0.29) is 18.3 Å². The van der Waals surface area contributed by atoms with Gasteiger partial charge >= 0.3 is 6.16 Å². The van der Waals surface area contributed by atoms with E-state index in [2.05, 4.69) is 6.92 Å². The Hall–Kier alpha value is -1.22. The highest BCUT2D eigenvalue weighted by Gasteiger charge is 2.37. The molecule has 0 amide bonds. The second kappa shape index (κ2) is 10.1. The molecule has 1 rings (SSSR count). The molecule has 0 bridgehead atoms. The molecule has 0 aromatic rings. The van der Waals surface area contributed by atoms with Gasteiger partial charge in [-0.2, -0.15) is 0 Å². The first-order chi connectivity index (χ1) is 11.7. The van der Waals surface area contributed by atoms with Gasteiger partial charge in [0.15, 0.2) is 12.4 Å². The Morgan fingerprint density at radius 1 is 1.20 bits per heavy atom. The fraction of sp³-hybridized carbons (Fsp3) is 0.882. The molecule has 1 fully saturated rings. The number of rotatable bonds is 8. The van der Waals surface area contributed by atoms with E-state index in [0.717, 1.165) is 12.8 Å². The van der Waals surface area contributed by atoms with Crippen LogP contribution >= 0.6 is 0 Å². The minimum absolute atomic E-state index is 0.142. The molecule has 0 heterocycles. The van der Waals surface area contributed by atoms with Gasteiger partial charge in [-0.3, -0.25) is 4.79 Å². The normalized spacial score (nSPS) is 28.7. The number of carbonyl (C=O) groups is 2. The molecule has 0 aromatic carbocycles. The van der Waals surface area contributed by atoms with Crippen LogP contribution < -0.4 is 0 Å². The summed E-state index contributed by atoms with van der Waals surface area (Å²) in [7, 11) is 0. The van der Waals surface area contributed by atoms with Crippen molar-refractivity contribution in [3.05, 3.63) is 0 Å². The predicted octanol–water partition coefficient (Wildman–Crippen LogP) is 0.243. The third-order valence-corrected chi connectivity index (χ3v) is 4.84. The third-order valence-electron chi connectivity index (χ3n) is 4.84. The molecule has 8 nitrogen and oxygen atoms in total. The van der Waals surface area contributed by atoms with E-state index in [9.17, 15) is 24.9 Å². The van der Waals surface area contributed by atoms with Crippen LogP contribution in [0.2, 0.25) is 0 Å². The number of aldehydes is 1. The Kier molecular flexibility index (Phi) is 8.78. The molecule has 3 unspecified atom stereocenters. The Morgan fingerprint density at radius 2 is 1.84 bits per heavy atom. The summed E-state index contributed by atoms with van der Waals surface area (Å²) < 4.78 is 10.2. The summed E-state index contributed by atoms with van der Waals surface area (Å²) in [5.41, 5.74) is 0. The van der Waals surface area contributed by atoms with Gasteiger partial charge in [0.2, 0.25) is 0 Å². The second-order valence-corrected chi connectivity index (χ2v) is 7.18. The van der Waals surface area contributed by atoms with Gasteiger partial charge in [-0.15, -0.1) is 0 Å². The molecular weight excluding hydrogens is 332 g/mol. The van der Waals surface area contributed by atoms with Gasteiger partial charge in [0, 0.05) is 0 Å². The first-order valence-corrected chi connectivity index (χ1v) is 8.68. The molecule has 0 aliphatic heterocycles. The Balaban J connectivity index is 2.67. The Morgan fingerprint density at radius 3 is 2.36 bits per heavy atom. The zero-order chi connectivity index (χ0) is 19.1. The van der Waals surface area contributed by atoms with E-state index in [1.165, 1.54) is 0 Å². The largest absolute Gasteiger partial charge is 0.509 e. The first kappa shape index (κ1) is 21.8. The zero-order valence-electron chi connectivity index (χ0n) is 14.9. The Bertz CT molecular complexity index is 427. The lowest BCUT2D eigenvalue weighted by atomic mass is 9.75. The lowest BCUT2D eigenvalue weighted by molar-refractivity contribution is -0.143. The highest BCUT2D eigenvalue weighted by atomic mass is 16.7. The summed E-state index contributed by atoms with van der Waals surface area (Å²) in [6.07, 6.45) is -5.72. The van der Waals surface area contributed by atoms with Crippen molar-refractivity contribution in [2.75, 3.05) is 6.61 Å². The molecule has 8 heteroatoms. The molecule has 0 saturated heterocycles. The van der Waals surface area contributed by atoms with Crippen LogP contribution in [0.1, 0.15) is 40.0 Å². The first-order valence-electron chi connectivity index (χ1n) is 8.68. The van der Waals surface area contributed by atoms with Crippen molar-refractivity contribution in [1.29, 1.82) is 0 Å². The van der Waals surface area contributed by atoms with Gasteiger partial charge in [0.05, 0.1) is 6.61 Å². The molecule has 1 aliphatic rings. The van der Waals surface area contributed by atoms with Crippen LogP contribution in [-0.2, 0) is 14.3 Å². The number of carbonyl (C=O) groups excluding carboxylic acids is 2. The summed E-state index contributed by atoms with van der Waals surface area (Å²) >= 11 is 0. The average Bonchev–Trinajstić information content (AvgIpc) is 2.57. The molecule has 4 N–H and O–H groups in total. The van der Waals surface area contributed by atoms with Crippen molar-refractivity contribution < 1.29 is 39.5 Å². The van der Waals surface area contributed by atoms with Crippen molar-refractivity contribution in [3.63, 3.8) is 0 Å². The monoisotopic (exact) mass is 362 g/mol. The average molecular weight is 362 g/mol. The minimum atomic E-state index is -1.88. The van der Waals surface area contributed by atoms with Gasteiger partial charge in [-0.1, -0.05) is 27.2 Å². The molecule has 1 saturated carbocycles. The second-order valence-electron chi connectivity index (χ2n) is 7.18. The Labute approximate surface area is 147 Å². The molecule has 0 spiro atoms. The van der Waals surface area contributed by atoms with Crippen LogP contribution in [0.25, 0.3) is 0 Å². The van der Waals surface area contributed by atoms with Crippen LogP contribution in [0, 0.1) is 17.8 Å². The molecule has 146 valence electrons. The van der Waals surface area contributed by atoms with Crippen LogP contribution in [0.5, 0.6) is 0 Å². The van der Waals surface area contributed by atoms with E-state index < -0.39 is 37.2 Å². The summed E-state index contributed by atoms with van der Waals surface area (Å²) in [6, 6.07) is 0. The third kappa shape index (κ3) is 6.22. The van der Waals surface area contributed by atoms with Gasteiger partial charge in [-0.05, 0) is 30.6 Å². The number of ether oxygens (including phenoxy) is 2. The molecule has 7 atom stereocenters. The molecule has 0 aromatic heterocycles. The van der Waals surface area contributed by atoms with Gasteiger partial charge in [-0.25, -0.2) is 4.79 Å². The standard InChI is InChI=1S/C17H30O8/c1-9(2)11-5-4-10(3)6-13(11)24-17(23)25-14(8-19)16(22)15(21)12(20)7-18/h8-16,18,20-22H,4-7H2,1-3H3/t10?,11?,12-,13?,14+,15-,16-/m1/s1. The highest BCUT2D eigenvalue weighted by Crippen LogP contribution is 2.35. The van der Waals surface area contributed by atoms with Gasteiger partial charge < -0.3 is 29.9 Å². The highest BCUT2D eigenvalue weighted by molar-refractivity contribution is 5.66. The molecule has 0 radical (unpaired) electrons. The van der Waals surface area contributed by atoms with E-state index in [4.69, 9.17) is 14.6 Å². The molecular formula is C17H30O8. The quantitative estimate of drug-likeness (QED) is 0.356. The lowest BCUT2D eigenvalue weighted by Gasteiger charge is -2.36. The van der Waals surface area contributed by atoms with Crippen LogP contribution in [0.3, 0.4) is 0 Å². The van der Waals surface area contributed by atoms with E-state index >= 15 is 0 Å². The summed E-state index contributed by atoms with van der Waals surface area (Å²) in [4.78, 5) is 23.1. The predicted molar refractivity (Wildman–Crippen MR) is 87.7 cm³/mol. The van der Waals surface area contributed by atoms with Crippen molar-refractivity contribution in [1.82, 2.24) is 0 Å². The number of hydrogen-bond donors (Lipinski definition) is 4. The molecule has 1 aliphatic carbocycles. The maximum atomic E-state index is 12.0. The van der Waals surface area contributed by atoms with E-state index in [0.29, 0.717) is 18.3 Å². The maximum Gasteiger partial charge on any atom is 0.509 e. The van der Waals surface area contributed by atoms with Crippen molar-refractivity contribution in [2.24, 2.45) is 17.8 Å². The topological polar surface area (TPSA) is 134 Å². The van der Waals surface area contributed by atoms with Crippen molar-refractivity contribution >= 4 is 12.4 Å². The van der Waals surface area contributed by atoms with E-state index in [1.54, 1.807) is 0 Å².